The first kappa shape index (κ1) is 26.4. The lowest BCUT2D eigenvalue weighted by Crippen LogP contribution is -2.28. The van der Waals surface area contributed by atoms with E-state index < -0.39 is 23.6 Å². The Kier molecular flexibility index (Phi) is 8.91. The first-order valence-electron chi connectivity index (χ1n) is 9.86. The van der Waals surface area contributed by atoms with E-state index >= 15 is 0 Å². The average molecular weight is 593 g/mol. The number of nitrogens with one attached hydrogen (secondary N) is 2. The molecule has 0 fully saturated rings. The molecule has 0 aliphatic rings. The molecule has 1 heterocycles. The second-order valence-corrected chi connectivity index (χ2v) is 9.60. The molecule has 3 aromatic rings. The minimum absolute atomic E-state index is 0.0916. The normalized spacial score (nSPS) is 11.9. The smallest absolute Gasteiger partial charge is 0.251 e. The molecule has 0 aliphatic heterocycles. The zero-order chi connectivity index (χ0) is 25.0. The minimum atomic E-state index is -0.893. The van der Waals surface area contributed by atoms with Gasteiger partial charge in [-0.1, -0.05) is 35.0 Å². The fraction of sp³-hybridized carbons (Fsp3) is 0.238. The van der Waals surface area contributed by atoms with Crippen molar-refractivity contribution < 1.29 is 18.4 Å². The van der Waals surface area contributed by atoms with Crippen LogP contribution in [0.4, 0.5) is 14.5 Å². The maximum absolute atomic E-state index is 13.9. The third-order valence-electron chi connectivity index (χ3n) is 4.58. The third-order valence-corrected chi connectivity index (χ3v) is 6.91. The fourth-order valence-electron chi connectivity index (χ4n) is 2.97. The molecule has 0 bridgehead atoms. The second-order valence-electron chi connectivity index (χ2n) is 6.99. The molecule has 0 spiro atoms. The van der Waals surface area contributed by atoms with E-state index in [0.29, 0.717) is 34.2 Å². The summed E-state index contributed by atoms with van der Waals surface area (Å²) >= 11 is 16.0. The van der Waals surface area contributed by atoms with Gasteiger partial charge in [-0.2, -0.15) is 0 Å². The lowest BCUT2D eigenvalue weighted by atomic mass is 10.2. The van der Waals surface area contributed by atoms with Crippen molar-refractivity contribution in [3.05, 3.63) is 67.9 Å². The molecule has 0 radical (unpaired) electrons. The SMILES string of the molecule is CCn1c(SCC(=O)Nc2c(F)cc(F)cc2Br)nnc1[C@@H](C)NC(=O)c1ccc(Cl)c(Cl)c1. The zero-order valence-electron chi connectivity index (χ0n) is 17.8. The molecule has 0 unspecified atom stereocenters. The number of carbonyl (C=O) groups excluding carboxylic acids is 2. The summed E-state index contributed by atoms with van der Waals surface area (Å²) < 4.78 is 29.0. The first-order chi connectivity index (χ1) is 16.1. The van der Waals surface area contributed by atoms with E-state index in [-0.39, 0.29) is 26.8 Å². The summed E-state index contributed by atoms with van der Waals surface area (Å²) in [5, 5.41) is 14.6. The van der Waals surface area contributed by atoms with Gasteiger partial charge in [0.1, 0.15) is 5.82 Å². The van der Waals surface area contributed by atoms with Crippen LogP contribution >= 0.6 is 50.9 Å². The highest BCUT2D eigenvalue weighted by molar-refractivity contribution is 9.10. The lowest BCUT2D eigenvalue weighted by Gasteiger charge is -2.15. The molecule has 1 atom stereocenters. The number of anilines is 1. The summed E-state index contributed by atoms with van der Waals surface area (Å²) in [6.45, 7) is 4.11. The van der Waals surface area contributed by atoms with E-state index in [0.717, 1.165) is 17.8 Å². The van der Waals surface area contributed by atoms with Crippen LogP contribution in [0.25, 0.3) is 0 Å². The van der Waals surface area contributed by atoms with Crippen LogP contribution in [0.15, 0.2) is 40.0 Å². The van der Waals surface area contributed by atoms with Gasteiger partial charge in [-0.3, -0.25) is 9.59 Å². The number of thioether (sulfide) groups is 1. The molecule has 2 aromatic carbocycles. The summed E-state index contributed by atoms with van der Waals surface area (Å²) in [6.07, 6.45) is 0. The Morgan fingerprint density at radius 2 is 1.91 bits per heavy atom. The van der Waals surface area contributed by atoms with Crippen molar-refractivity contribution in [2.45, 2.75) is 31.6 Å². The largest absolute Gasteiger partial charge is 0.342 e. The number of nitrogens with zero attached hydrogens (tertiary/aromatic N) is 3. The van der Waals surface area contributed by atoms with E-state index in [1.165, 1.54) is 12.1 Å². The Morgan fingerprint density at radius 1 is 1.18 bits per heavy atom. The van der Waals surface area contributed by atoms with Crippen molar-refractivity contribution in [1.29, 1.82) is 0 Å². The van der Waals surface area contributed by atoms with Crippen molar-refractivity contribution in [2.75, 3.05) is 11.1 Å². The number of hydrogen-bond acceptors (Lipinski definition) is 5. The Labute approximate surface area is 216 Å². The van der Waals surface area contributed by atoms with Gasteiger partial charge in [0.15, 0.2) is 16.8 Å². The Balaban J connectivity index is 1.66. The third kappa shape index (κ3) is 6.26. The molecular weight excluding hydrogens is 575 g/mol. The van der Waals surface area contributed by atoms with Gasteiger partial charge in [-0.15, -0.1) is 10.2 Å². The number of benzene rings is 2. The first-order valence-corrected chi connectivity index (χ1v) is 12.4. The summed E-state index contributed by atoms with van der Waals surface area (Å²) in [6, 6.07) is 5.80. The molecule has 2 amide bonds. The lowest BCUT2D eigenvalue weighted by molar-refractivity contribution is -0.113. The number of halogens is 5. The highest BCUT2D eigenvalue weighted by Crippen LogP contribution is 2.28. The van der Waals surface area contributed by atoms with Gasteiger partial charge < -0.3 is 15.2 Å². The molecule has 2 N–H and O–H groups in total. The van der Waals surface area contributed by atoms with Crippen molar-refractivity contribution >= 4 is 68.4 Å². The zero-order valence-corrected chi connectivity index (χ0v) is 21.7. The van der Waals surface area contributed by atoms with E-state index in [1.807, 2.05) is 6.92 Å². The van der Waals surface area contributed by atoms with E-state index in [1.54, 1.807) is 17.6 Å². The van der Waals surface area contributed by atoms with E-state index in [2.05, 4.69) is 36.8 Å². The topological polar surface area (TPSA) is 88.9 Å². The van der Waals surface area contributed by atoms with E-state index in [4.69, 9.17) is 23.2 Å². The maximum Gasteiger partial charge on any atom is 0.251 e. The van der Waals surface area contributed by atoms with Crippen LogP contribution in [0.1, 0.15) is 36.1 Å². The second kappa shape index (κ2) is 11.5. The summed E-state index contributed by atoms with van der Waals surface area (Å²) in [7, 11) is 0. The molecule has 180 valence electrons. The van der Waals surface area contributed by atoms with Crippen LogP contribution < -0.4 is 10.6 Å². The average Bonchev–Trinajstić information content (AvgIpc) is 3.19. The predicted molar refractivity (Wildman–Crippen MR) is 131 cm³/mol. The van der Waals surface area contributed by atoms with Crippen LogP contribution in [0.5, 0.6) is 0 Å². The van der Waals surface area contributed by atoms with Gasteiger partial charge in [-0.05, 0) is 54.0 Å². The van der Waals surface area contributed by atoms with Crippen molar-refractivity contribution in [2.24, 2.45) is 0 Å². The quantitative estimate of drug-likeness (QED) is 0.320. The van der Waals surface area contributed by atoms with Crippen molar-refractivity contribution in [3.8, 4) is 0 Å². The van der Waals surface area contributed by atoms with Gasteiger partial charge >= 0.3 is 0 Å². The summed E-state index contributed by atoms with van der Waals surface area (Å²) in [5.74, 6) is -2.13. The fourth-order valence-corrected chi connectivity index (χ4v) is 4.59. The molecule has 0 aliphatic carbocycles. The van der Waals surface area contributed by atoms with Gasteiger partial charge in [0, 0.05) is 22.6 Å². The van der Waals surface area contributed by atoms with Crippen LogP contribution in [0.2, 0.25) is 10.0 Å². The molecule has 0 saturated carbocycles. The number of amides is 2. The highest BCUT2D eigenvalue weighted by atomic mass is 79.9. The molecule has 7 nitrogen and oxygen atoms in total. The molecule has 13 heteroatoms. The molecular formula is C21H18BrCl2F2N5O2S. The maximum atomic E-state index is 13.9. The molecule has 3 rings (SSSR count). The standard InChI is InChI=1S/C21H18BrCl2F2N5O2S/c1-3-31-19(10(2)27-20(33)11-4-5-14(23)15(24)6-11)29-30-21(31)34-9-17(32)28-18-13(22)7-12(25)8-16(18)26/h4-8,10H,3,9H2,1-2H3,(H,27,33)(H,28,32)/t10-/m1/s1. The monoisotopic (exact) mass is 591 g/mol. The van der Waals surface area contributed by atoms with E-state index in [9.17, 15) is 18.4 Å². The van der Waals surface area contributed by atoms with Gasteiger partial charge in [0.2, 0.25) is 5.91 Å². The predicted octanol–water partition coefficient (Wildman–Crippen LogP) is 5.87. The van der Waals surface area contributed by atoms with Crippen LogP contribution in [0, 0.1) is 11.6 Å². The van der Waals surface area contributed by atoms with Gasteiger partial charge in [0.05, 0.1) is 27.5 Å². The molecule has 1 aromatic heterocycles. The number of aromatic nitrogens is 3. The highest BCUT2D eigenvalue weighted by Gasteiger charge is 2.21. The van der Waals surface area contributed by atoms with Gasteiger partial charge in [0.25, 0.3) is 5.91 Å². The van der Waals surface area contributed by atoms with Crippen molar-refractivity contribution in [1.82, 2.24) is 20.1 Å². The van der Waals surface area contributed by atoms with Gasteiger partial charge in [-0.25, -0.2) is 8.78 Å². The molecule has 34 heavy (non-hydrogen) atoms. The Bertz CT molecular complexity index is 1220. The minimum Gasteiger partial charge on any atom is -0.342 e. The van der Waals surface area contributed by atoms with Crippen LogP contribution in [-0.2, 0) is 11.3 Å². The Morgan fingerprint density at radius 3 is 2.56 bits per heavy atom. The number of carbonyl (C=O) groups is 2. The van der Waals surface area contributed by atoms with Crippen molar-refractivity contribution in [3.63, 3.8) is 0 Å². The Hall–Kier alpha value is -2.21. The van der Waals surface area contributed by atoms with Crippen LogP contribution in [0.3, 0.4) is 0 Å². The number of rotatable bonds is 8. The number of hydrogen-bond donors (Lipinski definition) is 2. The van der Waals surface area contributed by atoms with Crippen LogP contribution in [-0.4, -0.2) is 32.3 Å². The summed E-state index contributed by atoms with van der Waals surface area (Å²) in [5.41, 5.74) is 0.192. The molecule has 0 saturated heterocycles. The summed E-state index contributed by atoms with van der Waals surface area (Å²) in [4.78, 5) is 24.9.